The highest BCUT2D eigenvalue weighted by atomic mass is 127. The molecule has 0 aromatic heterocycles. The number of halogens is 2. The second kappa shape index (κ2) is 7.08. The summed E-state index contributed by atoms with van der Waals surface area (Å²) in [6, 6.07) is 11.5. The summed E-state index contributed by atoms with van der Waals surface area (Å²) in [4.78, 5) is 10.8. The van der Waals surface area contributed by atoms with E-state index < -0.39 is 0 Å². The largest absolute Gasteiger partial charge is 0.493 e. The summed E-state index contributed by atoms with van der Waals surface area (Å²) in [5, 5.41) is 0. The van der Waals surface area contributed by atoms with Crippen molar-refractivity contribution in [2.45, 2.75) is 6.61 Å². The summed E-state index contributed by atoms with van der Waals surface area (Å²) in [6.07, 6.45) is 0.774. The van der Waals surface area contributed by atoms with E-state index in [1.807, 2.05) is 24.3 Å². The van der Waals surface area contributed by atoms with Crippen molar-refractivity contribution < 1.29 is 14.3 Å². The Morgan fingerprint density at radius 1 is 1.25 bits per heavy atom. The molecule has 0 unspecified atom stereocenters. The van der Waals surface area contributed by atoms with Gasteiger partial charge in [-0.1, -0.05) is 12.1 Å². The zero-order valence-electron chi connectivity index (χ0n) is 10.7. The molecule has 2 aromatic rings. The summed E-state index contributed by atoms with van der Waals surface area (Å²) in [5.74, 6) is 1.13. The zero-order valence-corrected chi connectivity index (χ0v) is 14.5. The molecular formula is C15H12BrIO3. The Morgan fingerprint density at radius 3 is 2.55 bits per heavy atom. The van der Waals surface area contributed by atoms with Crippen molar-refractivity contribution in [2.75, 3.05) is 7.11 Å². The molecule has 0 atom stereocenters. The van der Waals surface area contributed by atoms with Gasteiger partial charge in [-0.05, 0) is 68.3 Å². The van der Waals surface area contributed by atoms with Crippen molar-refractivity contribution >= 4 is 44.8 Å². The lowest BCUT2D eigenvalue weighted by molar-refractivity contribution is 0.112. The fourth-order valence-electron chi connectivity index (χ4n) is 1.68. The Labute approximate surface area is 139 Å². The van der Waals surface area contributed by atoms with E-state index in [2.05, 4.69) is 38.5 Å². The number of hydrogen-bond acceptors (Lipinski definition) is 3. The van der Waals surface area contributed by atoms with Crippen LogP contribution in [-0.4, -0.2) is 13.4 Å². The topological polar surface area (TPSA) is 35.5 Å². The van der Waals surface area contributed by atoms with Gasteiger partial charge >= 0.3 is 0 Å². The lowest BCUT2D eigenvalue weighted by atomic mass is 10.2. The summed E-state index contributed by atoms with van der Waals surface area (Å²) < 4.78 is 12.9. The molecule has 0 fully saturated rings. The molecule has 0 spiro atoms. The van der Waals surface area contributed by atoms with Gasteiger partial charge in [0.15, 0.2) is 11.5 Å². The average molecular weight is 447 g/mol. The number of carbonyl (C=O) groups is 1. The lowest BCUT2D eigenvalue weighted by Crippen LogP contribution is -1.99. The molecule has 2 rings (SSSR count). The quantitative estimate of drug-likeness (QED) is 0.502. The number of ether oxygens (including phenoxy) is 2. The molecule has 5 heteroatoms. The highest BCUT2D eigenvalue weighted by Gasteiger charge is 2.11. The van der Waals surface area contributed by atoms with Crippen LogP contribution in [0.5, 0.6) is 11.5 Å². The van der Waals surface area contributed by atoms with Crippen molar-refractivity contribution in [3.8, 4) is 11.5 Å². The van der Waals surface area contributed by atoms with E-state index in [0.717, 1.165) is 11.8 Å². The van der Waals surface area contributed by atoms with Crippen LogP contribution in [0.15, 0.2) is 40.9 Å². The van der Waals surface area contributed by atoms with Crippen LogP contribution in [0.25, 0.3) is 0 Å². The van der Waals surface area contributed by atoms with Gasteiger partial charge < -0.3 is 9.47 Å². The van der Waals surface area contributed by atoms with Crippen molar-refractivity contribution in [1.29, 1.82) is 0 Å². The minimum atomic E-state index is 0.437. The average Bonchev–Trinajstić information content (AvgIpc) is 2.47. The first-order chi connectivity index (χ1) is 9.63. The van der Waals surface area contributed by atoms with E-state index in [9.17, 15) is 4.79 Å². The van der Waals surface area contributed by atoms with E-state index in [1.54, 1.807) is 19.2 Å². The Hall–Kier alpha value is -1.08. The maximum absolute atomic E-state index is 10.8. The molecule has 3 nitrogen and oxygen atoms in total. The number of aldehydes is 1. The first-order valence-electron chi connectivity index (χ1n) is 5.84. The number of hydrogen-bond donors (Lipinski definition) is 0. The predicted octanol–water partition coefficient (Wildman–Crippen LogP) is 4.45. The standard InChI is InChI=1S/C15H12BrIO3/c1-19-14-7-11(8-18)6-13(16)15(14)20-9-10-2-4-12(17)5-3-10/h2-8H,9H2,1H3. The minimum Gasteiger partial charge on any atom is -0.493 e. The van der Waals surface area contributed by atoms with Gasteiger partial charge in [0.25, 0.3) is 0 Å². The van der Waals surface area contributed by atoms with Crippen LogP contribution >= 0.6 is 38.5 Å². The number of rotatable bonds is 5. The predicted molar refractivity (Wildman–Crippen MR) is 89.6 cm³/mol. The summed E-state index contributed by atoms with van der Waals surface area (Å²) >= 11 is 5.66. The lowest BCUT2D eigenvalue weighted by Gasteiger charge is -2.13. The third-order valence-electron chi connectivity index (χ3n) is 2.68. The minimum absolute atomic E-state index is 0.437. The Balaban J connectivity index is 2.20. The van der Waals surface area contributed by atoms with Crippen LogP contribution < -0.4 is 9.47 Å². The van der Waals surface area contributed by atoms with Crippen LogP contribution in [0.4, 0.5) is 0 Å². The van der Waals surface area contributed by atoms with Crippen LogP contribution in [-0.2, 0) is 6.61 Å². The zero-order chi connectivity index (χ0) is 14.5. The van der Waals surface area contributed by atoms with Gasteiger partial charge in [-0.2, -0.15) is 0 Å². The van der Waals surface area contributed by atoms with Crippen molar-refractivity contribution in [1.82, 2.24) is 0 Å². The van der Waals surface area contributed by atoms with Gasteiger partial charge in [0.05, 0.1) is 11.6 Å². The molecule has 0 aliphatic carbocycles. The third kappa shape index (κ3) is 3.73. The van der Waals surface area contributed by atoms with Gasteiger partial charge in [0.2, 0.25) is 0 Å². The van der Waals surface area contributed by atoms with Gasteiger partial charge in [0, 0.05) is 9.13 Å². The first kappa shape index (κ1) is 15.3. The first-order valence-corrected chi connectivity index (χ1v) is 7.71. The summed E-state index contributed by atoms with van der Waals surface area (Å²) in [5.41, 5.74) is 1.61. The maximum atomic E-state index is 10.8. The van der Waals surface area contributed by atoms with Gasteiger partial charge in [0.1, 0.15) is 12.9 Å². The van der Waals surface area contributed by atoms with Gasteiger partial charge in [-0.3, -0.25) is 4.79 Å². The number of carbonyl (C=O) groups excluding carboxylic acids is 1. The smallest absolute Gasteiger partial charge is 0.175 e. The van der Waals surface area contributed by atoms with Crippen LogP contribution in [0.2, 0.25) is 0 Å². The number of methoxy groups -OCH3 is 1. The molecule has 104 valence electrons. The van der Waals surface area contributed by atoms with Gasteiger partial charge in [-0.25, -0.2) is 0 Å². The molecule has 0 radical (unpaired) electrons. The van der Waals surface area contributed by atoms with E-state index in [1.165, 1.54) is 3.57 Å². The second-order valence-corrected chi connectivity index (χ2v) is 6.17. The normalized spacial score (nSPS) is 10.2. The molecule has 0 saturated heterocycles. The van der Waals surface area contributed by atoms with Crippen LogP contribution in [0, 0.1) is 3.57 Å². The summed E-state index contributed by atoms with van der Waals surface area (Å²) in [6.45, 7) is 0.437. The molecule has 0 aliphatic rings. The fraction of sp³-hybridized carbons (Fsp3) is 0.133. The Kier molecular flexibility index (Phi) is 5.42. The molecule has 0 amide bonds. The molecule has 0 heterocycles. The molecular weight excluding hydrogens is 435 g/mol. The monoisotopic (exact) mass is 446 g/mol. The molecule has 2 aromatic carbocycles. The fourth-order valence-corrected chi connectivity index (χ4v) is 2.62. The van der Waals surface area contributed by atoms with Crippen LogP contribution in [0.3, 0.4) is 0 Å². The van der Waals surface area contributed by atoms with E-state index >= 15 is 0 Å². The van der Waals surface area contributed by atoms with E-state index in [-0.39, 0.29) is 0 Å². The maximum Gasteiger partial charge on any atom is 0.175 e. The van der Waals surface area contributed by atoms with E-state index in [0.29, 0.717) is 28.1 Å². The van der Waals surface area contributed by atoms with Crippen LogP contribution in [0.1, 0.15) is 15.9 Å². The Bertz CT molecular complexity index is 611. The SMILES string of the molecule is COc1cc(C=O)cc(Br)c1OCc1ccc(I)cc1. The highest BCUT2D eigenvalue weighted by molar-refractivity contribution is 14.1. The van der Waals surface area contributed by atoms with Crippen molar-refractivity contribution in [2.24, 2.45) is 0 Å². The molecule has 0 saturated carbocycles. The second-order valence-electron chi connectivity index (χ2n) is 4.07. The highest BCUT2D eigenvalue weighted by Crippen LogP contribution is 2.36. The molecule has 0 bridgehead atoms. The third-order valence-corrected chi connectivity index (χ3v) is 3.99. The molecule has 20 heavy (non-hydrogen) atoms. The van der Waals surface area contributed by atoms with E-state index in [4.69, 9.17) is 9.47 Å². The van der Waals surface area contributed by atoms with Gasteiger partial charge in [-0.15, -0.1) is 0 Å². The number of benzene rings is 2. The molecule has 0 aliphatic heterocycles. The van der Waals surface area contributed by atoms with Crippen molar-refractivity contribution in [3.05, 3.63) is 55.6 Å². The summed E-state index contributed by atoms with van der Waals surface area (Å²) in [7, 11) is 1.55. The Morgan fingerprint density at radius 2 is 1.95 bits per heavy atom. The molecule has 0 N–H and O–H groups in total. The van der Waals surface area contributed by atoms with Crippen molar-refractivity contribution in [3.63, 3.8) is 0 Å².